The van der Waals surface area contributed by atoms with E-state index in [9.17, 15) is 4.57 Å². The smallest absolute Gasteiger partial charge is 0.411 e. The molecular formula is C15H33O5PSi. The Labute approximate surface area is 137 Å². The Hall–Kier alpha value is 0.0269. The highest BCUT2D eigenvalue weighted by Crippen LogP contribution is 2.49. The van der Waals surface area contributed by atoms with Gasteiger partial charge in [0.25, 0.3) is 0 Å². The number of hydrogen-bond donors (Lipinski definition) is 0. The van der Waals surface area contributed by atoms with Crippen molar-refractivity contribution in [1.29, 1.82) is 0 Å². The predicted molar refractivity (Wildman–Crippen MR) is 93.7 cm³/mol. The summed E-state index contributed by atoms with van der Waals surface area (Å²) in [6.45, 7) is 17.3. The zero-order chi connectivity index (χ0) is 17.4. The van der Waals surface area contributed by atoms with Crippen LogP contribution in [0.3, 0.4) is 0 Å². The Morgan fingerprint density at radius 3 is 2.00 bits per heavy atom. The zero-order valence-corrected chi connectivity index (χ0v) is 17.2. The van der Waals surface area contributed by atoms with Crippen LogP contribution in [-0.2, 0) is 22.6 Å². The van der Waals surface area contributed by atoms with Gasteiger partial charge in [-0.1, -0.05) is 32.9 Å². The van der Waals surface area contributed by atoms with Gasteiger partial charge < -0.3 is 4.43 Å². The largest absolute Gasteiger partial charge is 0.475 e. The minimum atomic E-state index is -3.43. The molecule has 7 heteroatoms. The van der Waals surface area contributed by atoms with E-state index in [-0.39, 0.29) is 31.0 Å². The van der Waals surface area contributed by atoms with Crippen LogP contribution in [0.1, 0.15) is 41.5 Å². The Morgan fingerprint density at radius 1 is 1.09 bits per heavy atom. The van der Waals surface area contributed by atoms with E-state index in [1.807, 2.05) is 13.0 Å². The third-order valence-electron chi connectivity index (χ3n) is 3.60. The van der Waals surface area contributed by atoms with Crippen LogP contribution in [0.2, 0.25) is 18.1 Å². The second kappa shape index (κ2) is 9.35. The third kappa shape index (κ3) is 8.04. The summed E-state index contributed by atoms with van der Waals surface area (Å²) in [5.74, 6) is 0. The van der Waals surface area contributed by atoms with Gasteiger partial charge >= 0.3 is 7.82 Å². The molecule has 0 aliphatic carbocycles. The molecule has 0 heterocycles. The van der Waals surface area contributed by atoms with Gasteiger partial charge in [0.15, 0.2) is 8.32 Å². The first-order chi connectivity index (χ1) is 9.97. The number of phosphoric ester groups is 1. The van der Waals surface area contributed by atoms with Crippen LogP contribution in [-0.4, -0.2) is 34.2 Å². The first-order valence-corrected chi connectivity index (χ1v) is 12.2. The maximum atomic E-state index is 12.1. The zero-order valence-electron chi connectivity index (χ0n) is 15.3. The van der Waals surface area contributed by atoms with E-state index in [1.54, 1.807) is 19.9 Å². The second-order valence-electron chi connectivity index (χ2n) is 6.59. The molecule has 0 radical (unpaired) electrons. The van der Waals surface area contributed by atoms with Gasteiger partial charge in [-0.2, -0.15) is 0 Å². The molecule has 0 spiro atoms. The SMILES string of the molecule is CCOP(=O)(OCC)OC/C=C/[C@@H](C)O[Si](C)(C)C(C)(C)C. The van der Waals surface area contributed by atoms with Crippen molar-refractivity contribution in [3.05, 3.63) is 12.2 Å². The molecule has 0 aliphatic rings. The molecule has 0 fully saturated rings. The highest BCUT2D eigenvalue weighted by Gasteiger charge is 2.38. The molecule has 0 rings (SSSR count). The summed E-state index contributed by atoms with van der Waals surface area (Å²) in [6.07, 6.45) is 3.70. The molecule has 22 heavy (non-hydrogen) atoms. The average molecular weight is 352 g/mol. The standard InChI is InChI=1S/C15H33O5PSi/c1-9-17-21(16,18-10-2)19-13-11-12-14(3)20-22(7,8)15(4,5)6/h11-12,14H,9-10,13H2,1-8H3/b12-11+/t14-/m1/s1. The van der Waals surface area contributed by atoms with E-state index in [4.69, 9.17) is 18.0 Å². The van der Waals surface area contributed by atoms with Crippen molar-refractivity contribution in [2.45, 2.75) is 65.8 Å². The molecule has 0 aromatic carbocycles. The van der Waals surface area contributed by atoms with Gasteiger partial charge in [0, 0.05) is 0 Å². The lowest BCUT2D eigenvalue weighted by Crippen LogP contribution is -2.42. The first kappa shape index (κ1) is 22.0. The fourth-order valence-corrected chi connectivity index (χ4v) is 3.98. The molecule has 5 nitrogen and oxygen atoms in total. The van der Waals surface area contributed by atoms with Crippen LogP contribution in [0.15, 0.2) is 12.2 Å². The van der Waals surface area contributed by atoms with Crippen molar-refractivity contribution >= 4 is 16.1 Å². The molecule has 0 N–H and O–H groups in total. The lowest BCUT2D eigenvalue weighted by atomic mass is 10.2. The van der Waals surface area contributed by atoms with E-state index in [0.29, 0.717) is 0 Å². The number of rotatable bonds is 10. The minimum Gasteiger partial charge on any atom is -0.411 e. The average Bonchev–Trinajstić information content (AvgIpc) is 2.33. The summed E-state index contributed by atoms with van der Waals surface area (Å²) in [7, 11) is -5.22. The second-order valence-corrected chi connectivity index (χ2v) is 13.0. The molecule has 0 unspecified atom stereocenters. The molecule has 0 saturated heterocycles. The third-order valence-corrected chi connectivity index (χ3v) is 9.78. The monoisotopic (exact) mass is 352 g/mol. The van der Waals surface area contributed by atoms with Gasteiger partial charge in [0.05, 0.1) is 25.9 Å². The quantitative estimate of drug-likeness (QED) is 0.309. The van der Waals surface area contributed by atoms with Crippen LogP contribution in [0, 0.1) is 0 Å². The van der Waals surface area contributed by atoms with Crippen molar-refractivity contribution in [1.82, 2.24) is 0 Å². The Kier molecular flexibility index (Phi) is 9.37. The van der Waals surface area contributed by atoms with Crippen molar-refractivity contribution in [2.75, 3.05) is 19.8 Å². The Balaban J connectivity index is 4.41. The van der Waals surface area contributed by atoms with Gasteiger partial charge in [-0.25, -0.2) is 4.57 Å². The molecule has 1 atom stereocenters. The van der Waals surface area contributed by atoms with Crippen LogP contribution < -0.4 is 0 Å². The maximum absolute atomic E-state index is 12.1. The van der Waals surface area contributed by atoms with Crippen molar-refractivity contribution in [3.8, 4) is 0 Å². The van der Waals surface area contributed by atoms with E-state index in [1.165, 1.54) is 0 Å². The summed E-state index contributed by atoms with van der Waals surface area (Å²) in [5, 5.41) is 0.172. The maximum Gasteiger partial charge on any atom is 0.475 e. The molecule has 132 valence electrons. The fourth-order valence-electron chi connectivity index (χ4n) is 1.49. The van der Waals surface area contributed by atoms with Crippen LogP contribution >= 0.6 is 7.82 Å². The summed E-state index contributed by atoms with van der Waals surface area (Å²) >= 11 is 0. The van der Waals surface area contributed by atoms with Crippen LogP contribution in [0.25, 0.3) is 0 Å². The van der Waals surface area contributed by atoms with Crippen LogP contribution in [0.4, 0.5) is 0 Å². The first-order valence-electron chi connectivity index (χ1n) is 7.85. The van der Waals surface area contributed by atoms with Gasteiger partial charge in [-0.05, 0) is 38.9 Å². The van der Waals surface area contributed by atoms with Crippen molar-refractivity contribution in [2.24, 2.45) is 0 Å². The molecular weight excluding hydrogens is 319 g/mol. The molecule has 0 aromatic rings. The molecule has 0 saturated carbocycles. The van der Waals surface area contributed by atoms with E-state index < -0.39 is 16.1 Å². The van der Waals surface area contributed by atoms with Gasteiger partial charge in [-0.15, -0.1) is 0 Å². The summed E-state index contributed by atoms with van der Waals surface area (Å²) < 4.78 is 33.6. The number of phosphoric acid groups is 1. The van der Waals surface area contributed by atoms with E-state index >= 15 is 0 Å². The van der Waals surface area contributed by atoms with Gasteiger partial charge in [-0.3, -0.25) is 13.6 Å². The molecule has 0 bridgehead atoms. The molecule has 0 aromatic heterocycles. The van der Waals surface area contributed by atoms with E-state index in [2.05, 4.69) is 33.9 Å². The fraction of sp³-hybridized carbons (Fsp3) is 0.867. The van der Waals surface area contributed by atoms with E-state index in [0.717, 1.165) is 0 Å². The predicted octanol–water partition coefficient (Wildman–Crippen LogP) is 5.15. The lowest BCUT2D eigenvalue weighted by molar-refractivity contribution is 0.130. The van der Waals surface area contributed by atoms with Crippen LogP contribution in [0.5, 0.6) is 0 Å². The highest BCUT2D eigenvalue weighted by molar-refractivity contribution is 7.48. The van der Waals surface area contributed by atoms with Gasteiger partial charge in [0.2, 0.25) is 0 Å². The highest BCUT2D eigenvalue weighted by atomic mass is 31.2. The minimum absolute atomic E-state index is 0.0111. The summed E-state index contributed by atoms with van der Waals surface area (Å²) in [4.78, 5) is 0. The molecule has 0 amide bonds. The topological polar surface area (TPSA) is 54.0 Å². The van der Waals surface area contributed by atoms with Gasteiger partial charge in [0.1, 0.15) is 0 Å². The summed E-state index contributed by atoms with van der Waals surface area (Å²) in [5.41, 5.74) is 0. The normalized spacial score (nSPS) is 15.5. The van der Waals surface area contributed by atoms with Crippen molar-refractivity contribution < 1.29 is 22.6 Å². The lowest BCUT2D eigenvalue weighted by Gasteiger charge is -2.37. The molecule has 0 aliphatic heterocycles. The Morgan fingerprint density at radius 2 is 1.59 bits per heavy atom. The Bertz CT molecular complexity index is 380. The summed E-state index contributed by atoms with van der Waals surface area (Å²) in [6, 6.07) is 0. The number of hydrogen-bond acceptors (Lipinski definition) is 5. The van der Waals surface area contributed by atoms with Crippen molar-refractivity contribution in [3.63, 3.8) is 0 Å².